The number of nitrogens with one attached hydrogen (secondary N) is 1. The first-order valence-electron chi connectivity index (χ1n) is 11.9. The largest absolute Gasteiger partial charge is 0.489 e. The molecule has 1 atom stereocenters. The molecule has 10 heteroatoms. The van der Waals surface area contributed by atoms with Crippen molar-refractivity contribution in [3.63, 3.8) is 0 Å². The molecule has 1 aromatic rings. The molecule has 3 aliphatic rings. The Kier molecular flexibility index (Phi) is 7.63. The van der Waals surface area contributed by atoms with Crippen molar-refractivity contribution in [3.8, 4) is 5.75 Å². The number of alkyl halides is 3. The molecule has 33 heavy (non-hydrogen) atoms. The zero-order valence-electron chi connectivity index (χ0n) is 18.8. The van der Waals surface area contributed by atoms with Crippen LogP contribution in [0.4, 0.5) is 19.0 Å². The Morgan fingerprint density at radius 1 is 1.21 bits per heavy atom. The Bertz CT molecular complexity index is 807. The van der Waals surface area contributed by atoms with Crippen LogP contribution in [0.2, 0.25) is 0 Å². The van der Waals surface area contributed by atoms with E-state index < -0.39 is 24.6 Å². The fourth-order valence-electron chi connectivity index (χ4n) is 5.04. The highest BCUT2D eigenvalue weighted by Gasteiger charge is 2.39. The van der Waals surface area contributed by atoms with E-state index in [2.05, 4.69) is 20.1 Å². The molecule has 1 amide bonds. The van der Waals surface area contributed by atoms with Crippen LogP contribution < -0.4 is 15.0 Å². The first-order chi connectivity index (χ1) is 15.8. The smallest absolute Gasteiger partial charge is 0.414 e. The summed E-state index contributed by atoms with van der Waals surface area (Å²) in [7, 11) is 0. The average molecular weight is 471 g/mol. The molecule has 0 spiro atoms. The number of fused-ring (bicyclic) bond motifs is 1. The summed E-state index contributed by atoms with van der Waals surface area (Å²) in [6.07, 6.45) is -0.897. The van der Waals surface area contributed by atoms with Crippen molar-refractivity contribution in [3.05, 3.63) is 17.8 Å². The van der Waals surface area contributed by atoms with Crippen LogP contribution in [0.5, 0.6) is 5.75 Å². The number of piperazine rings is 1. The number of halogens is 3. The summed E-state index contributed by atoms with van der Waals surface area (Å²) in [6, 6.07) is 1.94. The van der Waals surface area contributed by atoms with Gasteiger partial charge in [0.1, 0.15) is 0 Å². The van der Waals surface area contributed by atoms with E-state index in [9.17, 15) is 18.0 Å². The van der Waals surface area contributed by atoms with Gasteiger partial charge in [-0.05, 0) is 50.6 Å². The number of aliphatic hydroxyl groups excluding tert-OH is 1. The number of nitrogens with zero attached hydrogens (tertiary/aromatic N) is 3. The number of rotatable bonds is 7. The first kappa shape index (κ1) is 24.1. The number of carbonyl (C=O) groups excluding carboxylic acids is 1. The van der Waals surface area contributed by atoms with Gasteiger partial charge in [-0.2, -0.15) is 13.2 Å². The van der Waals surface area contributed by atoms with Crippen LogP contribution in [0.1, 0.15) is 44.1 Å². The molecule has 2 aliphatic heterocycles. The predicted octanol–water partition coefficient (Wildman–Crippen LogP) is 2.52. The number of pyridine rings is 1. The number of aromatic nitrogens is 1. The van der Waals surface area contributed by atoms with E-state index in [0.29, 0.717) is 5.92 Å². The topological polar surface area (TPSA) is 77.9 Å². The predicted molar refractivity (Wildman–Crippen MR) is 117 cm³/mol. The van der Waals surface area contributed by atoms with E-state index in [1.165, 1.54) is 5.56 Å². The van der Waals surface area contributed by atoms with Crippen LogP contribution in [0.15, 0.2) is 12.3 Å². The van der Waals surface area contributed by atoms with Crippen molar-refractivity contribution in [1.82, 2.24) is 15.2 Å². The molecule has 2 fully saturated rings. The minimum atomic E-state index is -4.76. The van der Waals surface area contributed by atoms with E-state index in [-0.39, 0.29) is 6.04 Å². The van der Waals surface area contributed by atoms with E-state index in [1.807, 2.05) is 12.3 Å². The summed E-state index contributed by atoms with van der Waals surface area (Å²) in [5.74, 6) is 1.75. The maximum atomic E-state index is 12.4. The van der Waals surface area contributed by atoms with Gasteiger partial charge in [0.05, 0.1) is 13.0 Å². The van der Waals surface area contributed by atoms with Gasteiger partial charge in [0.25, 0.3) is 0 Å². The van der Waals surface area contributed by atoms with Gasteiger partial charge >= 0.3 is 6.18 Å². The molecule has 1 saturated carbocycles. The number of aliphatic hydroxyl groups is 1. The van der Waals surface area contributed by atoms with E-state index in [0.717, 1.165) is 89.4 Å². The summed E-state index contributed by atoms with van der Waals surface area (Å²) in [5, 5.41) is 11.7. The highest BCUT2D eigenvalue weighted by atomic mass is 19.4. The standard InChI is InChI=1S/C23H33F3N4O3/c24-23(25,26)19(31)15-20(32)28-18-3-1-16(2-4-18)6-9-29-10-12-30(13-11-29)22-21-17(5-8-27-22)7-14-33-21/h5,8,16,18-19,31H,1-4,6-7,9-15H2,(H,28,32). The summed E-state index contributed by atoms with van der Waals surface area (Å²) in [6.45, 7) is 5.58. The third-order valence-corrected chi connectivity index (χ3v) is 7.08. The van der Waals surface area contributed by atoms with Gasteiger partial charge in [-0.25, -0.2) is 4.98 Å². The molecular weight excluding hydrogens is 437 g/mol. The van der Waals surface area contributed by atoms with Crippen molar-refractivity contribution in [2.24, 2.45) is 5.92 Å². The molecule has 0 aromatic carbocycles. The second kappa shape index (κ2) is 10.5. The fourth-order valence-corrected chi connectivity index (χ4v) is 5.04. The maximum Gasteiger partial charge on any atom is 0.414 e. The zero-order valence-corrected chi connectivity index (χ0v) is 18.8. The van der Waals surface area contributed by atoms with Crippen molar-refractivity contribution >= 4 is 11.7 Å². The van der Waals surface area contributed by atoms with E-state index in [4.69, 9.17) is 9.84 Å². The number of hydrogen-bond acceptors (Lipinski definition) is 6. The Morgan fingerprint density at radius 3 is 2.64 bits per heavy atom. The molecule has 1 saturated heterocycles. The van der Waals surface area contributed by atoms with Crippen LogP contribution in [0, 0.1) is 5.92 Å². The summed E-state index contributed by atoms with van der Waals surface area (Å²) in [5.41, 5.74) is 1.24. The van der Waals surface area contributed by atoms with E-state index in [1.54, 1.807) is 0 Å². The normalized spacial score (nSPS) is 24.8. The van der Waals surface area contributed by atoms with Crippen LogP contribution in [0.3, 0.4) is 0 Å². The third-order valence-electron chi connectivity index (χ3n) is 7.08. The van der Waals surface area contributed by atoms with Crippen LogP contribution in [-0.2, 0) is 11.2 Å². The van der Waals surface area contributed by atoms with Gasteiger partial charge in [-0.15, -0.1) is 0 Å². The van der Waals surface area contributed by atoms with E-state index >= 15 is 0 Å². The molecule has 1 aliphatic carbocycles. The van der Waals surface area contributed by atoms with Crippen LogP contribution >= 0.6 is 0 Å². The molecule has 0 radical (unpaired) electrons. The highest BCUT2D eigenvalue weighted by molar-refractivity contribution is 5.76. The Labute approximate surface area is 192 Å². The molecule has 184 valence electrons. The first-order valence-corrected chi connectivity index (χ1v) is 11.9. The van der Waals surface area contributed by atoms with Gasteiger partial charge in [0.2, 0.25) is 5.91 Å². The Morgan fingerprint density at radius 2 is 1.94 bits per heavy atom. The summed E-state index contributed by atoms with van der Waals surface area (Å²) >= 11 is 0. The van der Waals surface area contributed by atoms with Gasteiger partial charge in [-0.3, -0.25) is 9.69 Å². The number of amides is 1. The number of carbonyl (C=O) groups is 1. The number of ether oxygens (including phenoxy) is 1. The molecule has 3 heterocycles. The number of hydrogen-bond donors (Lipinski definition) is 2. The van der Waals surface area contributed by atoms with Gasteiger partial charge < -0.3 is 20.1 Å². The van der Waals surface area contributed by atoms with Gasteiger partial charge in [0, 0.05) is 50.4 Å². The SMILES string of the molecule is O=C(CC(O)C(F)(F)F)NC1CCC(CCN2CCN(c3nccc4c3OCC4)CC2)CC1. The lowest BCUT2D eigenvalue weighted by molar-refractivity contribution is -0.206. The lowest BCUT2D eigenvalue weighted by Crippen LogP contribution is -2.47. The monoisotopic (exact) mass is 470 g/mol. The minimum absolute atomic E-state index is 0.0972. The van der Waals surface area contributed by atoms with Crippen LogP contribution in [0.25, 0.3) is 0 Å². The quantitative estimate of drug-likeness (QED) is 0.638. The van der Waals surface area contributed by atoms with Crippen molar-refractivity contribution in [1.29, 1.82) is 0 Å². The summed E-state index contributed by atoms with van der Waals surface area (Å²) < 4.78 is 43.0. The number of anilines is 1. The average Bonchev–Trinajstić information content (AvgIpc) is 3.27. The summed E-state index contributed by atoms with van der Waals surface area (Å²) in [4.78, 5) is 21.1. The maximum absolute atomic E-state index is 12.4. The van der Waals surface area contributed by atoms with Gasteiger partial charge in [-0.1, -0.05) is 0 Å². The van der Waals surface area contributed by atoms with Gasteiger partial charge in [0.15, 0.2) is 17.7 Å². The van der Waals surface area contributed by atoms with Crippen molar-refractivity contribution < 1.29 is 27.8 Å². The lowest BCUT2D eigenvalue weighted by Gasteiger charge is -2.37. The Balaban J connectivity index is 1.13. The van der Waals surface area contributed by atoms with Crippen molar-refractivity contribution in [2.75, 3.05) is 44.2 Å². The lowest BCUT2D eigenvalue weighted by atomic mass is 9.84. The molecule has 2 N–H and O–H groups in total. The molecule has 1 unspecified atom stereocenters. The van der Waals surface area contributed by atoms with Crippen molar-refractivity contribution in [2.45, 2.75) is 63.3 Å². The molecule has 1 aromatic heterocycles. The third kappa shape index (κ3) is 6.29. The zero-order chi connectivity index (χ0) is 23.4. The Hall–Kier alpha value is -2.07. The molecule has 4 rings (SSSR count). The second-order valence-corrected chi connectivity index (χ2v) is 9.39. The minimum Gasteiger partial charge on any atom is -0.489 e. The molecular formula is C23H33F3N4O3. The highest BCUT2D eigenvalue weighted by Crippen LogP contribution is 2.34. The van der Waals surface area contributed by atoms with Crippen LogP contribution in [-0.4, -0.2) is 78.6 Å². The fraction of sp³-hybridized carbons (Fsp3) is 0.739. The molecule has 0 bridgehead atoms. The second-order valence-electron chi connectivity index (χ2n) is 9.39. The molecule has 7 nitrogen and oxygen atoms in total.